The number of ketones is 1. The van der Waals surface area contributed by atoms with Gasteiger partial charge in [0.1, 0.15) is 5.54 Å². The Balaban J connectivity index is 2.00. The van der Waals surface area contributed by atoms with Crippen LogP contribution < -0.4 is 4.90 Å². The Bertz CT molecular complexity index is 840. The molecule has 1 saturated heterocycles. The van der Waals surface area contributed by atoms with Crippen molar-refractivity contribution in [1.29, 1.82) is 0 Å². The second kappa shape index (κ2) is 4.79. The van der Waals surface area contributed by atoms with Crippen LogP contribution in [0.15, 0.2) is 54.6 Å². The molecule has 1 aliphatic carbocycles. The van der Waals surface area contributed by atoms with Gasteiger partial charge in [-0.25, -0.2) is 0 Å². The van der Waals surface area contributed by atoms with Gasteiger partial charge in [-0.3, -0.25) is 14.5 Å². The summed E-state index contributed by atoms with van der Waals surface area (Å²) in [6.45, 7) is 5.85. The van der Waals surface area contributed by atoms with Crippen LogP contribution in [0, 0.1) is 5.41 Å². The third-order valence-electron chi connectivity index (χ3n) is 5.80. The van der Waals surface area contributed by atoms with Gasteiger partial charge in [-0.2, -0.15) is 0 Å². The van der Waals surface area contributed by atoms with Crippen LogP contribution in [0.3, 0.4) is 0 Å². The van der Waals surface area contributed by atoms with Crippen LogP contribution in [0.25, 0.3) is 0 Å². The number of para-hydroxylation sites is 1. The average molecular weight is 319 g/mol. The lowest BCUT2D eigenvalue weighted by atomic mass is 9.58. The fourth-order valence-corrected chi connectivity index (χ4v) is 4.64. The van der Waals surface area contributed by atoms with Gasteiger partial charge in [-0.15, -0.1) is 0 Å². The molecule has 1 amide bonds. The number of hydrogen-bond acceptors (Lipinski definition) is 2. The summed E-state index contributed by atoms with van der Waals surface area (Å²) in [6, 6.07) is 17.6. The minimum absolute atomic E-state index is 0.00797. The Kier molecular flexibility index (Phi) is 3.02. The number of nitrogens with zero attached hydrogens (tertiary/aromatic N) is 1. The van der Waals surface area contributed by atoms with Crippen molar-refractivity contribution in [3.63, 3.8) is 0 Å². The van der Waals surface area contributed by atoms with E-state index in [-0.39, 0.29) is 17.6 Å². The van der Waals surface area contributed by atoms with E-state index in [0.29, 0.717) is 0 Å². The number of β-lactam (4-membered cyclic amide) rings is 1. The van der Waals surface area contributed by atoms with E-state index in [4.69, 9.17) is 0 Å². The van der Waals surface area contributed by atoms with Crippen LogP contribution in [0.2, 0.25) is 0 Å². The highest BCUT2D eigenvalue weighted by Gasteiger charge is 2.74. The summed E-state index contributed by atoms with van der Waals surface area (Å²) in [5.74, 6) is 0.0213. The van der Waals surface area contributed by atoms with E-state index in [2.05, 4.69) is 0 Å². The molecule has 0 saturated carbocycles. The molecule has 2 atom stereocenters. The van der Waals surface area contributed by atoms with Gasteiger partial charge in [0.25, 0.3) is 0 Å². The van der Waals surface area contributed by atoms with Crippen molar-refractivity contribution in [1.82, 2.24) is 0 Å². The van der Waals surface area contributed by atoms with Crippen molar-refractivity contribution in [2.45, 2.75) is 38.6 Å². The summed E-state index contributed by atoms with van der Waals surface area (Å²) in [4.78, 5) is 28.2. The molecule has 2 aromatic rings. The number of anilines is 1. The topological polar surface area (TPSA) is 37.4 Å². The molecule has 0 aromatic heterocycles. The first-order valence-corrected chi connectivity index (χ1v) is 8.51. The lowest BCUT2D eigenvalue weighted by Gasteiger charge is -2.60. The predicted octanol–water partition coefficient (Wildman–Crippen LogP) is 4.03. The summed E-state index contributed by atoms with van der Waals surface area (Å²) in [6.07, 6.45) is 0.754. The molecular formula is C21H21NO2. The number of rotatable bonds is 2. The van der Waals surface area contributed by atoms with Gasteiger partial charge < -0.3 is 0 Å². The third-order valence-corrected chi connectivity index (χ3v) is 5.80. The molecule has 0 unspecified atom stereocenters. The second-order valence-electron chi connectivity index (χ2n) is 7.22. The second-order valence-corrected chi connectivity index (χ2v) is 7.22. The summed E-state index contributed by atoms with van der Waals surface area (Å²) in [7, 11) is 0. The number of carbonyl (C=O) groups is 2. The molecular weight excluding hydrogens is 298 g/mol. The van der Waals surface area contributed by atoms with Crippen molar-refractivity contribution in [3.05, 3.63) is 65.7 Å². The largest absolute Gasteiger partial charge is 0.296 e. The standard InChI is InChI=1S/C21H21NO2/c1-4-15-16-12-8-9-13-17(16)21(18(15)23)20(2,3)19(24)22(21)14-10-6-5-7-11-14/h5-13,15H,4H2,1-3H3/t15-,21+/m0/s1. The highest BCUT2D eigenvalue weighted by molar-refractivity contribution is 6.21. The van der Waals surface area contributed by atoms with Crippen molar-refractivity contribution in [2.24, 2.45) is 5.41 Å². The average Bonchev–Trinajstić information content (AvgIpc) is 2.86. The molecule has 1 fully saturated rings. The SMILES string of the molecule is CC[C@@H]1C(=O)[C@@]2(c3ccccc31)N(c1ccccc1)C(=O)C2(C)C. The van der Waals surface area contributed by atoms with Gasteiger partial charge in [-0.1, -0.05) is 49.4 Å². The molecule has 24 heavy (non-hydrogen) atoms. The van der Waals surface area contributed by atoms with E-state index < -0.39 is 11.0 Å². The Labute approximate surface area is 142 Å². The Morgan fingerprint density at radius 3 is 2.25 bits per heavy atom. The Hall–Kier alpha value is -2.42. The van der Waals surface area contributed by atoms with Gasteiger partial charge in [0.2, 0.25) is 5.91 Å². The van der Waals surface area contributed by atoms with Gasteiger partial charge in [0.15, 0.2) is 5.78 Å². The highest BCUT2D eigenvalue weighted by atomic mass is 16.2. The number of hydrogen-bond donors (Lipinski definition) is 0. The van der Waals surface area contributed by atoms with E-state index in [1.165, 1.54) is 0 Å². The molecule has 122 valence electrons. The van der Waals surface area contributed by atoms with Crippen LogP contribution in [0.4, 0.5) is 5.69 Å². The third kappa shape index (κ3) is 1.48. The van der Waals surface area contributed by atoms with E-state index in [0.717, 1.165) is 23.2 Å². The summed E-state index contributed by atoms with van der Waals surface area (Å²) in [5, 5.41) is 0. The number of fused-ring (bicyclic) bond motifs is 2. The first-order chi connectivity index (χ1) is 11.5. The van der Waals surface area contributed by atoms with Gasteiger partial charge >= 0.3 is 0 Å². The Morgan fingerprint density at radius 1 is 0.958 bits per heavy atom. The van der Waals surface area contributed by atoms with Crippen molar-refractivity contribution < 1.29 is 9.59 Å². The zero-order valence-electron chi connectivity index (χ0n) is 14.2. The van der Waals surface area contributed by atoms with Crippen LogP contribution in [0.1, 0.15) is 44.2 Å². The van der Waals surface area contributed by atoms with Crippen molar-refractivity contribution in [3.8, 4) is 0 Å². The minimum Gasteiger partial charge on any atom is -0.296 e. The van der Waals surface area contributed by atoms with Gasteiger partial charge in [-0.05, 0) is 43.5 Å². The molecule has 0 N–H and O–H groups in total. The van der Waals surface area contributed by atoms with E-state index >= 15 is 0 Å². The minimum atomic E-state index is -0.886. The molecule has 3 heteroatoms. The van der Waals surface area contributed by atoms with Gasteiger partial charge in [0, 0.05) is 11.6 Å². The normalized spacial score (nSPS) is 27.3. The molecule has 1 aliphatic heterocycles. The van der Waals surface area contributed by atoms with Gasteiger partial charge in [0.05, 0.1) is 5.41 Å². The maximum Gasteiger partial charge on any atom is 0.237 e. The highest BCUT2D eigenvalue weighted by Crippen LogP contribution is 2.63. The molecule has 2 aliphatic rings. The number of amides is 1. The monoisotopic (exact) mass is 319 g/mol. The summed E-state index contributed by atoms with van der Waals surface area (Å²) in [5.41, 5.74) is 1.24. The van der Waals surface area contributed by atoms with Crippen LogP contribution in [0.5, 0.6) is 0 Å². The lowest BCUT2D eigenvalue weighted by molar-refractivity contribution is -0.154. The molecule has 3 nitrogen and oxygen atoms in total. The lowest BCUT2D eigenvalue weighted by Crippen LogP contribution is -2.76. The first kappa shape index (κ1) is 15.1. The maximum absolute atomic E-state index is 13.5. The molecule has 1 spiro atoms. The van der Waals surface area contributed by atoms with Crippen molar-refractivity contribution >= 4 is 17.4 Å². The van der Waals surface area contributed by atoms with E-state index in [1.807, 2.05) is 75.4 Å². The van der Waals surface area contributed by atoms with E-state index in [1.54, 1.807) is 4.90 Å². The number of Topliss-reactive ketones (excluding diaryl/α,β-unsaturated/α-hetero) is 1. The Morgan fingerprint density at radius 2 is 1.58 bits per heavy atom. The maximum atomic E-state index is 13.5. The van der Waals surface area contributed by atoms with E-state index in [9.17, 15) is 9.59 Å². The molecule has 0 radical (unpaired) electrons. The molecule has 4 rings (SSSR count). The fourth-order valence-electron chi connectivity index (χ4n) is 4.64. The molecule has 2 aromatic carbocycles. The first-order valence-electron chi connectivity index (χ1n) is 8.51. The summed E-state index contributed by atoms with van der Waals surface area (Å²) < 4.78 is 0. The predicted molar refractivity (Wildman–Crippen MR) is 93.9 cm³/mol. The van der Waals surface area contributed by atoms with Crippen LogP contribution in [-0.2, 0) is 15.1 Å². The van der Waals surface area contributed by atoms with Crippen molar-refractivity contribution in [2.75, 3.05) is 4.90 Å². The molecule has 0 bridgehead atoms. The zero-order valence-corrected chi connectivity index (χ0v) is 14.2. The fraction of sp³-hybridized carbons (Fsp3) is 0.333. The molecule has 1 heterocycles. The smallest absolute Gasteiger partial charge is 0.237 e. The quantitative estimate of drug-likeness (QED) is 0.784. The summed E-state index contributed by atoms with van der Waals surface area (Å²) >= 11 is 0. The van der Waals surface area contributed by atoms with Crippen LogP contribution in [-0.4, -0.2) is 11.7 Å². The zero-order chi connectivity index (χ0) is 17.1. The number of carbonyl (C=O) groups excluding carboxylic acids is 2. The van der Waals surface area contributed by atoms with Crippen LogP contribution >= 0.6 is 0 Å². The number of benzene rings is 2.